The first kappa shape index (κ1) is 27.4. The van der Waals surface area contributed by atoms with Crippen LogP contribution in [-0.4, -0.2) is 28.6 Å². The Bertz CT molecular complexity index is 390. The van der Waals surface area contributed by atoms with E-state index in [1.807, 2.05) is 0 Å². The molecule has 0 N–H and O–H groups in total. The fraction of sp³-hybridized carbons (Fsp3) is 0.929. The number of hydrogen-bond donors (Lipinski definition) is 0. The Labute approximate surface area is 190 Å². The molecular formula is C28H56N2. The van der Waals surface area contributed by atoms with Crippen LogP contribution in [0.4, 0.5) is 0 Å². The van der Waals surface area contributed by atoms with Crippen LogP contribution in [0.25, 0.3) is 0 Å². The summed E-state index contributed by atoms with van der Waals surface area (Å²) in [5.41, 5.74) is 0. The van der Waals surface area contributed by atoms with Crippen LogP contribution in [0.5, 0.6) is 0 Å². The molecule has 1 rings (SSSR count). The molecule has 0 spiro atoms. The molecule has 1 aliphatic heterocycles. The second kappa shape index (κ2) is 19.1. The van der Waals surface area contributed by atoms with E-state index in [0.717, 1.165) is 0 Å². The van der Waals surface area contributed by atoms with Crippen molar-refractivity contribution in [3.63, 3.8) is 0 Å². The van der Waals surface area contributed by atoms with Gasteiger partial charge in [0.05, 0.1) is 0 Å². The van der Waals surface area contributed by atoms with Gasteiger partial charge in [-0.3, -0.25) is 0 Å². The highest BCUT2D eigenvalue weighted by Gasteiger charge is 2.26. The molecule has 2 heteroatoms. The SMILES string of the molecule is CCCCCCCCCCCCCCCCN1C=CN(C(C)C)C1CCCCCC. The van der Waals surface area contributed by atoms with Gasteiger partial charge in [-0.2, -0.15) is 0 Å². The van der Waals surface area contributed by atoms with Gasteiger partial charge in [0.1, 0.15) is 6.17 Å². The maximum atomic E-state index is 2.63. The van der Waals surface area contributed by atoms with E-state index in [1.165, 1.54) is 129 Å². The molecule has 0 saturated heterocycles. The summed E-state index contributed by atoms with van der Waals surface area (Å²) in [5.74, 6) is 0. The van der Waals surface area contributed by atoms with E-state index >= 15 is 0 Å². The molecule has 1 unspecified atom stereocenters. The third-order valence-electron chi connectivity index (χ3n) is 6.84. The fourth-order valence-electron chi connectivity index (χ4n) is 4.83. The third-order valence-corrected chi connectivity index (χ3v) is 6.84. The number of unbranched alkanes of at least 4 members (excludes halogenated alkanes) is 16. The van der Waals surface area contributed by atoms with Crippen LogP contribution in [-0.2, 0) is 0 Å². The van der Waals surface area contributed by atoms with Crippen molar-refractivity contribution in [2.75, 3.05) is 6.54 Å². The van der Waals surface area contributed by atoms with Crippen LogP contribution in [0.15, 0.2) is 12.4 Å². The summed E-state index contributed by atoms with van der Waals surface area (Å²) >= 11 is 0. The maximum Gasteiger partial charge on any atom is 0.101 e. The van der Waals surface area contributed by atoms with Crippen molar-refractivity contribution in [2.24, 2.45) is 0 Å². The van der Waals surface area contributed by atoms with E-state index in [1.54, 1.807) is 0 Å². The standard InChI is InChI=1S/C28H56N2/c1-5-7-9-11-12-13-14-15-16-17-18-19-20-22-24-29-25-26-30(27(3)4)28(29)23-21-10-8-6-2/h25-28H,5-24H2,1-4H3. The molecule has 178 valence electrons. The summed E-state index contributed by atoms with van der Waals surface area (Å²) in [6, 6.07) is 0.610. The highest BCUT2D eigenvalue weighted by Crippen LogP contribution is 2.24. The average molecular weight is 421 g/mol. The van der Waals surface area contributed by atoms with Gasteiger partial charge in [-0.25, -0.2) is 0 Å². The Morgan fingerprint density at radius 2 is 1.00 bits per heavy atom. The first-order valence-electron chi connectivity index (χ1n) is 13.9. The zero-order valence-corrected chi connectivity index (χ0v) is 21.3. The summed E-state index contributed by atoms with van der Waals surface area (Å²) < 4.78 is 0. The molecule has 0 fully saturated rings. The van der Waals surface area contributed by atoms with E-state index < -0.39 is 0 Å². The van der Waals surface area contributed by atoms with E-state index in [4.69, 9.17) is 0 Å². The number of hydrogen-bond acceptors (Lipinski definition) is 2. The minimum Gasteiger partial charge on any atom is -0.356 e. The van der Waals surface area contributed by atoms with Crippen molar-refractivity contribution < 1.29 is 0 Å². The van der Waals surface area contributed by atoms with Crippen molar-refractivity contribution in [1.82, 2.24) is 9.80 Å². The summed E-state index contributed by atoms with van der Waals surface area (Å²) in [6.45, 7) is 10.5. The Morgan fingerprint density at radius 3 is 1.47 bits per heavy atom. The number of rotatable bonds is 21. The molecule has 0 amide bonds. The highest BCUT2D eigenvalue weighted by atomic mass is 15.4. The van der Waals surface area contributed by atoms with Crippen LogP contribution in [0.2, 0.25) is 0 Å². The van der Waals surface area contributed by atoms with Gasteiger partial charge in [0.25, 0.3) is 0 Å². The minimum atomic E-state index is 0.610. The fourth-order valence-corrected chi connectivity index (χ4v) is 4.83. The molecule has 1 atom stereocenters. The molecule has 0 aromatic rings. The van der Waals surface area contributed by atoms with Crippen LogP contribution < -0.4 is 0 Å². The lowest BCUT2D eigenvalue weighted by Crippen LogP contribution is -2.42. The van der Waals surface area contributed by atoms with E-state index in [-0.39, 0.29) is 0 Å². The summed E-state index contributed by atoms with van der Waals surface area (Å²) in [6.07, 6.45) is 32.3. The molecule has 1 aliphatic rings. The van der Waals surface area contributed by atoms with Gasteiger partial charge in [0.15, 0.2) is 0 Å². The monoisotopic (exact) mass is 420 g/mol. The average Bonchev–Trinajstić information content (AvgIpc) is 3.14. The lowest BCUT2D eigenvalue weighted by atomic mass is 10.0. The molecule has 0 radical (unpaired) electrons. The zero-order chi connectivity index (χ0) is 21.9. The largest absolute Gasteiger partial charge is 0.356 e. The van der Waals surface area contributed by atoms with Crippen LogP contribution in [0, 0.1) is 0 Å². The highest BCUT2D eigenvalue weighted by molar-refractivity contribution is 4.98. The molecule has 0 aromatic carbocycles. The maximum absolute atomic E-state index is 2.63. The quantitative estimate of drug-likeness (QED) is 0.171. The Morgan fingerprint density at radius 1 is 0.567 bits per heavy atom. The minimum absolute atomic E-state index is 0.610. The molecule has 30 heavy (non-hydrogen) atoms. The van der Waals surface area contributed by atoms with Crippen LogP contribution in [0.1, 0.15) is 150 Å². The van der Waals surface area contributed by atoms with Gasteiger partial charge < -0.3 is 9.80 Å². The molecular weight excluding hydrogens is 364 g/mol. The Balaban J connectivity index is 2.00. The van der Waals surface area contributed by atoms with Gasteiger partial charge in [0.2, 0.25) is 0 Å². The predicted molar refractivity (Wildman–Crippen MR) is 136 cm³/mol. The topological polar surface area (TPSA) is 6.48 Å². The van der Waals surface area contributed by atoms with Crippen LogP contribution in [0.3, 0.4) is 0 Å². The molecule has 1 heterocycles. The predicted octanol–water partition coefficient (Wildman–Crippen LogP) is 9.26. The molecule has 2 nitrogen and oxygen atoms in total. The van der Waals surface area contributed by atoms with Crippen molar-refractivity contribution in [3.05, 3.63) is 12.4 Å². The van der Waals surface area contributed by atoms with E-state index in [9.17, 15) is 0 Å². The number of nitrogens with zero attached hydrogens (tertiary/aromatic N) is 2. The Hall–Kier alpha value is -0.660. The third kappa shape index (κ3) is 12.9. The molecule has 0 aliphatic carbocycles. The lowest BCUT2D eigenvalue weighted by Gasteiger charge is -2.35. The van der Waals surface area contributed by atoms with Gasteiger partial charge in [-0.1, -0.05) is 117 Å². The smallest absolute Gasteiger partial charge is 0.101 e. The van der Waals surface area contributed by atoms with E-state index in [0.29, 0.717) is 12.2 Å². The van der Waals surface area contributed by atoms with Crippen LogP contribution >= 0.6 is 0 Å². The van der Waals surface area contributed by atoms with E-state index in [2.05, 4.69) is 49.9 Å². The molecule has 0 aromatic heterocycles. The Kier molecular flexibility index (Phi) is 17.4. The normalized spacial score (nSPS) is 16.4. The van der Waals surface area contributed by atoms with Gasteiger partial charge >= 0.3 is 0 Å². The van der Waals surface area contributed by atoms with Crippen molar-refractivity contribution in [3.8, 4) is 0 Å². The van der Waals surface area contributed by atoms with Gasteiger partial charge in [-0.15, -0.1) is 0 Å². The zero-order valence-electron chi connectivity index (χ0n) is 21.3. The van der Waals surface area contributed by atoms with Crippen molar-refractivity contribution >= 4 is 0 Å². The van der Waals surface area contributed by atoms with Crippen molar-refractivity contribution in [2.45, 2.75) is 162 Å². The first-order chi connectivity index (χ1) is 14.7. The summed E-state index contributed by atoms with van der Waals surface area (Å²) in [5, 5.41) is 0. The second-order valence-electron chi connectivity index (χ2n) is 10.0. The van der Waals surface area contributed by atoms with Gasteiger partial charge in [0, 0.05) is 25.0 Å². The van der Waals surface area contributed by atoms with Gasteiger partial charge in [-0.05, 0) is 33.1 Å². The summed E-state index contributed by atoms with van der Waals surface area (Å²) in [7, 11) is 0. The first-order valence-corrected chi connectivity index (χ1v) is 13.9. The second-order valence-corrected chi connectivity index (χ2v) is 10.0. The molecule has 0 bridgehead atoms. The summed E-state index contributed by atoms with van der Waals surface area (Å²) in [4.78, 5) is 5.21. The molecule has 0 saturated carbocycles. The van der Waals surface area contributed by atoms with Crippen molar-refractivity contribution in [1.29, 1.82) is 0 Å². The lowest BCUT2D eigenvalue weighted by molar-refractivity contribution is 0.114.